The molecule has 140 valence electrons. The van der Waals surface area contributed by atoms with Gasteiger partial charge in [0, 0.05) is 43.5 Å². The van der Waals surface area contributed by atoms with E-state index >= 15 is 0 Å². The normalized spacial score (nSPS) is 16.2. The standard InChI is InChI=1S/C18H29N3O3S/c1-4-15(2)21(25(3,23)24)14-11-18(22)19-16-7-9-17(10-8-16)20-12-5-6-13-20/h7-10,15H,4-6,11-14H2,1-3H3,(H,19,22). The number of hydrogen-bond acceptors (Lipinski definition) is 4. The maximum absolute atomic E-state index is 12.2. The van der Waals surface area contributed by atoms with Crippen LogP contribution < -0.4 is 10.2 Å². The van der Waals surface area contributed by atoms with Gasteiger partial charge in [0.1, 0.15) is 0 Å². The fourth-order valence-electron chi connectivity index (χ4n) is 3.08. The molecule has 1 aromatic rings. The number of benzene rings is 1. The molecule has 1 aliphatic rings. The quantitative estimate of drug-likeness (QED) is 0.767. The van der Waals surface area contributed by atoms with Crippen molar-refractivity contribution in [2.24, 2.45) is 0 Å². The van der Waals surface area contributed by atoms with Gasteiger partial charge in [-0.15, -0.1) is 0 Å². The summed E-state index contributed by atoms with van der Waals surface area (Å²) in [6.07, 6.45) is 4.50. The predicted molar refractivity (Wildman–Crippen MR) is 102 cm³/mol. The number of carbonyl (C=O) groups excluding carboxylic acids is 1. The summed E-state index contributed by atoms with van der Waals surface area (Å²) in [4.78, 5) is 14.5. The van der Waals surface area contributed by atoms with E-state index in [1.807, 2.05) is 38.1 Å². The lowest BCUT2D eigenvalue weighted by Crippen LogP contribution is -2.39. The molecular weight excluding hydrogens is 338 g/mol. The second-order valence-corrected chi connectivity index (χ2v) is 8.61. The van der Waals surface area contributed by atoms with E-state index in [0.29, 0.717) is 6.42 Å². The zero-order valence-electron chi connectivity index (χ0n) is 15.4. The van der Waals surface area contributed by atoms with Gasteiger partial charge in [0.15, 0.2) is 0 Å². The van der Waals surface area contributed by atoms with Gasteiger partial charge in [0.25, 0.3) is 0 Å². The summed E-state index contributed by atoms with van der Waals surface area (Å²) in [7, 11) is -3.31. The Bertz CT molecular complexity index is 667. The minimum Gasteiger partial charge on any atom is -0.372 e. The second kappa shape index (κ2) is 8.67. The number of nitrogens with zero attached hydrogens (tertiary/aromatic N) is 2. The van der Waals surface area contributed by atoms with E-state index in [1.54, 1.807) is 0 Å². The third kappa shape index (κ3) is 5.71. The van der Waals surface area contributed by atoms with Crippen molar-refractivity contribution in [3.63, 3.8) is 0 Å². The van der Waals surface area contributed by atoms with Crippen LogP contribution in [0.15, 0.2) is 24.3 Å². The predicted octanol–water partition coefficient (Wildman–Crippen LogP) is 2.68. The highest BCUT2D eigenvalue weighted by molar-refractivity contribution is 7.88. The first-order chi connectivity index (χ1) is 11.8. The number of hydrogen-bond donors (Lipinski definition) is 1. The molecule has 0 spiro atoms. The first-order valence-corrected chi connectivity index (χ1v) is 10.8. The molecule has 1 amide bonds. The third-order valence-corrected chi connectivity index (χ3v) is 6.08. The van der Waals surface area contributed by atoms with Gasteiger partial charge in [0.05, 0.1) is 6.26 Å². The van der Waals surface area contributed by atoms with Gasteiger partial charge in [-0.2, -0.15) is 4.31 Å². The summed E-state index contributed by atoms with van der Waals surface area (Å²) < 4.78 is 25.1. The maximum Gasteiger partial charge on any atom is 0.225 e. The third-order valence-electron chi connectivity index (χ3n) is 4.69. The van der Waals surface area contributed by atoms with E-state index in [1.165, 1.54) is 29.1 Å². The van der Waals surface area contributed by atoms with Gasteiger partial charge in [-0.05, 0) is 50.5 Å². The average Bonchev–Trinajstić information content (AvgIpc) is 3.08. The van der Waals surface area contributed by atoms with E-state index in [2.05, 4.69) is 10.2 Å². The minimum absolute atomic E-state index is 0.109. The molecule has 2 rings (SSSR count). The topological polar surface area (TPSA) is 69.7 Å². The summed E-state index contributed by atoms with van der Waals surface area (Å²) in [6, 6.07) is 7.72. The molecule has 1 atom stereocenters. The molecule has 0 bridgehead atoms. The number of anilines is 2. The Labute approximate surface area is 151 Å². The van der Waals surface area contributed by atoms with E-state index < -0.39 is 10.0 Å². The van der Waals surface area contributed by atoms with Crippen LogP contribution in [-0.2, 0) is 14.8 Å². The molecule has 1 unspecified atom stereocenters. The van der Waals surface area contributed by atoms with Crippen molar-refractivity contribution < 1.29 is 13.2 Å². The Kier molecular flexibility index (Phi) is 6.84. The smallest absolute Gasteiger partial charge is 0.225 e. The van der Waals surface area contributed by atoms with Gasteiger partial charge in [0.2, 0.25) is 15.9 Å². The molecule has 0 aromatic heterocycles. The molecule has 0 radical (unpaired) electrons. The van der Waals surface area contributed by atoms with Crippen molar-refractivity contribution in [2.75, 3.05) is 36.1 Å². The van der Waals surface area contributed by atoms with Crippen LogP contribution in [0.1, 0.15) is 39.5 Å². The van der Waals surface area contributed by atoms with Crippen molar-refractivity contribution >= 4 is 27.3 Å². The number of carbonyl (C=O) groups is 1. The van der Waals surface area contributed by atoms with Crippen LogP contribution in [0.2, 0.25) is 0 Å². The van der Waals surface area contributed by atoms with Crippen LogP contribution in [0.4, 0.5) is 11.4 Å². The fourth-order valence-corrected chi connectivity index (χ4v) is 4.31. The van der Waals surface area contributed by atoms with Gasteiger partial charge < -0.3 is 10.2 Å². The van der Waals surface area contributed by atoms with Crippen LogP contribution in [-0.4, -0.2) is 50.6 Å². The highest BCUT2D eigenvalue weighted by Gasteiger charge is 2.22. The van der Waals surface area contributed by atoms with Crippen LogP contribution in [0, 0.1) is 0 Å². The molecule has 1 N–H and O–H groups in total. The Balaban J connectivity index is 1.88. The van der Waals surface area contributed by atoms with E-state index in [0.717, 1.165) is 18.8 Å². The van der Waals surface area contributed by atoms with Crippen molar-refractivity contribution in [3.05, 3.63) is 24.3 Å². The minimum atomic E-state index is -3.31. The summed E-state index contributed by atoms with van der Waals surface area (Å²) in [5.74, 6) is -0.175. The summed E-state index contributed by atoms with van der Waals surface area (Å²) in [5, 5.41) is 2.84. The van der Waals surface area contributed by atoms with Gasteiger partial charge in [-0.25, -0.2) is 8.42 Å². The molecule has 0 aliphatic carbocycles. The molecule has 1 aliphatic heterocycles. The molecule has 1 saturated heterocycles. The van der Waals surface area contributed by atoms with Crippen molar-refractivity contribution in [3.8, 4) is 0 Å². The van der Waals surface area contributed by atoms with Gasteiger partial charge in [-0.1, -0.05) is 6.92 Å². The first-order valence-electron chi connectivity index (χ1n) is 8.93. The highest BCUT2D eigenvalue weighted by atomic mass is 32.2. The van der Waals surface area contributed by atoms with Crippen LogP contribution in [0.3, 0.4) is 0 Å². The summed E-state index contributed by atoms with van der Waals surface area (Å²) in [6.45, 7) is 6.16. The molecule has 25 heavy (non-hydrogen) atoms. The number of nitrogens with one attached hydrogen (secondary N) is 1. The van der Waals surface area contributed by atoms with E-state index in [4.69, 9.17) is 0 Å². The lowest BCUT2D eigenvalue weighted by Gasteiger charge is -2.25. The van der Waals surface area contributed by atoms with Gasteiger partial charge in [-0.3, -0.25) is 4.79 Å². The van der Waals surface area contributed by atoms with Crippen molar-refractivity contribution in [1.29, 1.82) is 0 Å². The molecule has 1 fully saturated rings. The highest BCUT2D eigenvalue weighted by Crippen LogP contribution is 2.22. The summed E-state index contributed by atoms with van der Waals surface area (Å²) in [5.41, 5.74) is 1.91. The first kappa shape index (κ1) is 19.7. The molecule has 0 saturated carbocycles. The molecule has 1 aromatic carbocycles. The molecule has 1 heterocycles. The maximum atomic E-state index is 12.2. The Morgan fingerprint density at radius 1 is 1.24 bits per heavy atom. The molecule has 6 nitrogen and oxygen atoms in total. The Morgan fingerprint density at radius 2 is 1.84 bits per heavy atom. The largest absolute Gasteiger partial charge is 0.372 e. The molecule has 7 heteroatoms. The van der Waals surface area contributed by atoms with Crippen LogP contribution >= 0.6 is 0 Å². The van der Waals surface area contributed by atoms with E-state index in [-0.39, 0.29) is 24.9 Å². The lowest BCUT2D eigenvalue weighted by molar-refractivity contribution is -0.116. The van der Waals surface area contributed by atoms with E-state index in [9.17, 15) is 13.2 Å². The SMILES string of the molecule is CCC(C)N(CCC(=O)Nc1ccc(N2CCCC2)cc1)S(C)(=O)=O. The zero-order chi connectivity index (χ0) is 18.4. The molecular formula is C18H29N3O3S. The monoisotopic (exact) mass is 367 g/mol. The summed E-state index contributed by atoms with van der Waals surface area (Å²) >= 11 is 0. The van der Waals surface area contributed by atoms with Crippen molar-refractivity contribution in [2.45, 2.75) is 45.6 Å². The number of amides is 1. The van der Waals surface area contributed by atoms with Gasteiger partial charge >= 0.3 is 0 Å². The average molecular weight is 368 g/mol. The number of sulfonamides is 1. The Hall–Kier alpha value is -1.60. The van der Waals surface area contributed by atoms with Crippen LogP contribution in [0.25, 0.3) is 0 Å². The van der Waals surface area contributed by atoms with Crippen LogP contribution in [0.5, 0.6) is 0 Å². The number of rotatable bonds is 8. The second-order valence-electron chi connectivity index (χ2n) is 6.67. The van der Waals surface area contributed by atoms with Crippen molar-refractivity contribution in [1.82, 2.24) is 4.31 Å². The zero-order valence-corrected chi connectivity index (χ0v) is 16.2. The lowest BCUT2D eigenvalue weighted by atomic mass is 10.2. The Morgan fingerprint density at radius 3 is 2.36 bits per heavy atom. The fraction of sp³-hybridized carbons (Fsp3) is 0.611.